The summed E-state index contributed by atoms with van der Waals surface area (Å²) in [7, 11) is 1.60. The van der Waals surface area contributed by atoms with Gasteiger partial charge >= 0.3 is 0 Å². The maximum absolute atomic E-state index is 13.5. The number of hydrogen-bond donors (Lipinski definition) is 1. The third-order valence-electron chi connectivity index (χ3n) is 2.35. The zero-order valence-corrected chi connectivity index (χ0v) is 9.87. The number of rotatable bonds is 5. The number of methoxy groups -OCH3 is 1. The first-order valence-electron chi connectivity index (χ1n) is 5.25. The van der Waals surface area contributed by atoms with Crippen LogP contribution in [0.2, 0.25) is 0 Å². The minimum atomic E-state index is -0.336. The Hall–Kier alpha value is -1.13. The van der Waals surface area contributed by atoms with E-state index in [2.05, 4.69) is 0 Å². The summed E-state index contributed by atoms with van der Waals surface area (Å²) in [5, 5.41) is 0. The van der Waals surface area contributed by atoms with Crippen molar-refractivity contribution in [3.63, 3.8) is 0 Å². The SMILES string of the molecule is COC(C)COc1ccc(C(C)N)c(F)c1. The van der Waals surface area contributed by atoms with E-state index >= 15 is 0 Å². The van der Waals surface area contributed by atoms with Crippen molar-refractivity contribution in [1.82, 2.24) is 0 Å². The minimum absolute atomic E-state index is 0.0174. The van der Waals surface area contributed by atoms with Gasteiger partial charge in [0.15, 0.2) is 0 Å². The minimum Gasteiger partial charge on any atom is -0.491 e. The first-order valence-corrected chi connectivity index (χ1v) is 5.25. The maximum Gasteiger partial charge on any atom is 0.131 e. The second kappa shape index (κ2) is 5.82. The van der Waals surface area contributed by atoms with Crippen LogP contribution in [0.15, 0.2) is 18.2 Å². The van der Waals surface area contributed by atoms with Gasteiger partial charge in [-0.1, -0.05) is 6.07 Å². The number of halogens is 1. The van der Waals surface area contributed by atoms with E-state index in [1.54, 1.807) is 26.2 Å². The van der Waals surface area contributed by atoms with Gasteiger partial charge in [-0.25, -0.2) is 4.39 Å². The fourth-order valence-electron chi connectivity index (χ4n) is 1.25. The molecule has 0 fully saturated rings. The second-order valence-corrected chi connectivity index (χ2v) is 3.83. The van der Waals surface area contributed by atoms with Crippen molar-refractivity contribution < 1.29 is 13.9 Å². The highest BCUT2D eigenvalue weighted by molar-refractivity contribution is 5.30. The quantitative estimate of drug-likeness (QED) is 0.839. The fourth-order valence-corrected chi connectivity index (χ4v) is 1.25. The van der Waals surface area contributed by atoms with E-state index in [1.807, 2.05) is 6.92 Å². The summed E-state index contributed by atoms with van der Waals surface area (Å²) in [6, 6.07) is 4.39. The Morgan fingerprint density at radius 3 is 2.56 bits per heavy atom. The zero-order chi connectivity index (χ0) is 12.1. The van der Waals surface area contributed by atoms with Crippen molar-refractivity contribution in [2.24, 2.45) is 5.73 Å². The van der Waals surface area contributed by atoms with Crippen molar-refractivity contribution in [2.45, 2.75) is 26.0 Å². The van der Waals surface area contributed by atoms with Crippen LogP contribution in [0.4, 0.5) is 4.39 Å². The van der Waals surface area contributed by atoms with Crippen LogP contribution in [-0.4, -0.2) is 19.8 Å². The second-order valence-electron chi connectivity index (χ2n) is 3.83. The maximum atomic E-state index is 13.5. The smallest absolute Gasteiger partial charge is 0.131 e. The van der Waals surface area contributed by atoms with Crippen molar-refractivity contribution in [3.05, 3.63) is 29.6 Å². The van der Waals surface area contributed by atoms with Gasteiger partial charge in [0, 0.05) is 24.8 Å². The Morgan fingerprint density at radius 2 is 2.06 bits per heavy atom. The molecule has 1 aromatic rings. The molecule has 0 heterocycles. The molecule has 0 aromatic heterocycles. The van der Waals surface area contributed by atoms with Gasteiger partial charge in [0.2, 0.25) is 0 Å². The summed E-state index contributed by atoms with van der Waals surface area (Å²) < 4.78 is 23.9. The van der Waals surface area contributed by atoms with Crippen LogP contribution in [0.3, 0.4) is 0 Å². The van der Waals surface area contributed by atoms with E-state index < -0.39 is 0 Å². The van der Waals surface area contributed by atoms with Crippen LogP contribution < -0.4 is 10.5 Å². The largest absolute Gasteiger partial charge is 0.491 e. The van der Waals surface area contributed by atoms with E-state index in [0.29, 0.717) is 17.9 Å². The van der Waals surface area contributed by atoms with Crippen molar-refractivity contribution in [2.75, 3.05) is 13.7 Å². The molecule has 4 heteroatoms. The van der Waals surface area contributed by atoms with Gasteiger partial charge in [-0.05, 0) is 19.9 Å². The van der Waals surface area contributed by atoms with Crippen LogP contribution in [0.5, 0.6) is 5.75 Å². The molecule has 2 N–H and O–H groups in total. The summed E-state index contributed by atoms with van der Waals surface area (Å²) in [5.74, 6) is 0.156. The molecule has 2 unspecified atom stereocenters. The number of benzene rings is 1. The fraction of sp³-hybridized carbons (Fsp3) is 0.500. The van der Waals surface area contributed by atoms with Gasteiger partial charge < -0.3 is 15.2 Å². The van der Waals surface area contributed by atoms with Gasteiger partial charge in [0.25, 0.3) is 0 Å². The lowest BCUT2D eigenvalue weighted by Crippen LogP contribution is -2.16. The third kappa shape index (κ3) is 3.47. The lowest BCUT2D eigenvalue weighted by molar-refractivity contribution is 0.0715. The molecule has 0 saturated carbocycles. The topological polar surface area (TPSA) is 44.5 Å². The predicted molar refractivity (Wildman–Crippen MR) is 61.0 cm³/mol. The van der Waals surface area contributed by atoms with Crippen LogP contribution in [0.25, 0.3) is 0 Å². The highest BCUT2D eigenvalue weighted by atomic mass is 19.1. The molecule has 0 spiro atoms. The van der Waals surface area contributed by atoms with E-state index in [1.165, 1.54) is 6.07 Å². The van der Waals surface area contributed by atoms with Gasteiger partial charge in [-0.15, -0.1) is 0 Å². The molecular weight excluding hydrogens is 209 g/mol. The van der Waals surface area contributed by atoms with Crippen molar-refractivity contribution >= 4 is 0 Å². The molecule has 0 aliphatic rings. The van der Waals surface area contributed by atoms with Crippen LogP contribution >= 0.6 is 0 Å². The summed E-state index contributed by atoms with van der Waals surface area (Å²) in [5.41, 5.74) is 6.10. The van der Waals surface area contributed by atoms with Gasteiger partial charge in [-0.3, -0.25) is 0 Å². The standard InChI is InChI=1S/C12H18FNO2/c1-8(15-3)7-16-10-4-5-11(9(2)14)12(13)6-10/h4-6,8-9H,7,14H2,1-3H3. The molecular formula is C12H18FNO2. The van der Waals surface area contributed by atoms with Crippen molar-refractivity contribution in [1.29, 1.82) is 0 Å². The van der Waals surface area contributed by atoms with Gasteiger partial charge in [-0.2, -0.15) is 0 Å². The summed E-state index contributed by atoms with van der Waals surface area (Å²) in [4.78, 5) is 0. The Morgan fingerprint density at radius 1 is 1.38 bits per heavy atom. The molecule has 1 rings (SSSR count). The first-order chi connectivity index (χ1) is 7.54. The van der Waals surface area contributed by atoms with E-state index in [4.69, 9.17) is 15.2 Å². The normalized spacial score (nSPS) is 14.6. The summed E-state index contributed by atoms with van der Waals surface area (Å²) in [6.45, 7) is 4.02. The monoisotopic (exact) mass is 227 g/mol. The molecule has 0 amide bonds. The lowest BCUT2D eigenvalue weighted by Gasteiger charge is -2.13. The van der Waals surface area contributed by atoms with E-state index in [0.717, 1.165) is 0 Å². The number of nitrogens with two attached hydrogens (primary N) is 1. The van der Waals surface area contributed by atoms with Crippen LogP contribution in [0, 0.1) is 5.82 Å². The summed E-state index contributed by atoms with van der Waals surface area (Å²) in [6.07, 6.45) is -0.0174. The molecule has 3 nitrogen and oxygen atoms in total. The predicted octanol–water partition coefficient (Wildman–Crippen LogP) is 2.26. The Balaban J connectivity index is 2.66. The summed E-state index contributed by atoms with van der Waals surface area (Å²) >= 11 is 0. The molecule has 16 heavy (non-hydrogen) atoms. The average molecular weight is 227 g/mol. The molecule has 0 aliphatic carbocycles. The van der Waals surface area contributed by atoms with Crippen LogP contribution in [0.1, 0.15) is 25.5 Å². The third-order valence-corrected chi connectivity index (χ3v) is 2.35. The highest BCUT2D eigenvalue weighted by Gasteiger charge is 2.08. The van der Waals surface area contributed by atoms with E-state index in [-0.39, 0.29) is 18.0 Å². The number of ether oxygens (including phenoxy) is 2. The van der Waals surface area contributed by atoms with Crippen molar-refractivity contribution in [3.8, 4) is 5.75 Å². The molecule has 90 valence electrons. The Kier molecular flexibility index (Phi) is 4.71. The zero-order valence-electron chi connectivity index (χ0n) is 9.87. The molecule has 0 radical (unpaired) electrons. The Bertz CT molecular complexity index is 342. The Labute approximate surface area is 95.4 Å². The molecule has 0 aliphatic heterocycles. The van der Waals surface area contributed by atoms with Gasteiger partial charge in [0.05, 0.1) is 6.10 Å². The number of hydrogen-bond acceptors (Lipinski definition) is 3. The molecule has 2 atom stereocenters. The highest BCUT2D eigenvalue weighted by Crippen LogP contribution is 2.20. The van der Waals surface area contributed by atoms with E-state index in [9.17, 15) is 4.39 Å². The lowest BCUT2D eigenvalue weighted by atomic mass is 10.1. The van der Waals surface area contributed by atoms with Gasteiger partial charge in [0.1, 0.15) is 18.2 Å². The molecule has 0 saturated heterocycles. The van der Waals surface area contributed by atoms with Crippen LogP contribution in [-0.2, 0) is 4.74 Å². The molecule has 0 bridgehead atoms. The average Bonchev–Trinajstić information content (AvgIpc) is 2.25. The molecule has 1 aromatic carbocycles. The first kappa shape index (κ1) is 12.9.